The zero-order valence-corrected chi connectivity index (χ0v) is 28.6. The summed E-state index contributed by atoms with van der Waals surface area (Å²) in [5.41, 5.74) is 3.26. The molecule has 1 aliphatic heterocycles. The van der Waals surface area contributed by atoms with Crippen LogP contribution >= 0.6 is 11.3 Å². The van der Waals surface area contributed by atoms with Crippen molar-refractivity contribution in [1.29, 1.82) is 0 Å². The molecule has 2 heterocycles. The van der Waals surface area contributed by atoms with Gasteiger partial charge in [0.05, 0.1) is 23.9 Å². The Labute approximate surface area is 290 Å². The number of hydrogen-bond donors (Lipinski definition) is 2. The van der Waals surface area contributed by atoms with Crippen molar-refractivity contribution in [1.82, 2.24) is 14.8 Å². The van der Waals surface area contributed by atoms with Gasteiger partial charge in [-0.15, -0.1) is 11.3 Å². The Morgan fingerprint density at radius 2 is 1.78 bits per heavy atom. The number of aliphatic hydroxyl groups excluding tert-OH is 1. The summed E-state index contributed by atoms with van der Waals surface area (Å²) >= 11 is 1.53. The topological polar surface area (TPSA) is 104 Å². The van der Waals surface area contributed by atoms with Crippen molar-refractivity contribution in [3.05, 3.63) is 125 Å². The number of rotatable bonds is 11. The molecule has 4 aromatic carbocycles. The molecule has 9 nitrogen and oxygen atoms in total. The van der Waals surface area contributed by atoms with Crippen LogP contribution in [-0.4, -0.2) is 70.6 Å². The van der Waals surface area contributed by atoms with Gasteiger partial charge < -0.3 is 24.8 Å². The summed E-state index contributed by atoms with van der Waals surface area (Å²) in [6.07, 6.45) is 1.42. The van der Waals surface area contributed by atoms with E-state index in [9.17, 15) is 14.7 Å². The van der Waals surface area contributed by atoms with Gasteiger partial charge in [-0.2, -0.15) is 0 Å². The number of nitrogens with one attached hydrogen (secondary N) is 1. The van der Waals surface area contributed by atoms with E-state index in [0.717, 1.165) is 27.6 Å². The lowest BCUT2D eigenvalue weighted by atomic mass is 9.98. The van der Waals surface area contributed by atoms with E-state index in [1.165, 1.54) is 11.3 Å². The highest BCUT2D eigenvalue weighted by atomic mass is 32.1. The maximum absolute atomic E-state index is 13.9. The standard InChI is InChI=1S/C39H40N4O5S/c1-26-22-43(27(2)25-44)39(46)33-10-7-11-34(41-37(45)29-14-16-30(17-15-29)38-40-20-21-49-38)36(33)48-35(26)24-42(3)23-28-12-18-32(19-13-28)47-31-8-5-4-6-9-31/h4-21,26-27,35,44H,22-25H2,1-3H3,(H,41,45)/t26-,27+,35-/m1/s1. The molecule has 0 saturated heterocycles. The van der Waals surface area contributed by atoms with Crippen LogP contribution in [-0.2, 0) is 6.54 Å². The zero-order valence-electron chi connectivity index (χ0n) is 27.8. The molecule has 2 N–H and O–H groups in total. The molecule has 0 radical (unpaired) electrons. The number of carbonyl (C=O) groups excluding carboxylic acids is 2. The summed E-state index contributed by atoms with van der Waals surface area (Å²) in [5.74, 6) is 1.21. The minimum atomic E-state index is -0.398. The van der Waals surface area contributed by atoms with Crippen LogP contribution < -0.4 is 14.8 Å². The van der Waals surface area contributed by atoms with Gasteiger partial charge in [0.25, 0.3) is 11.8 Å². The van der Waals surface area contributed by atoms with Crippen LogP contribution in [0.3, 0.4) is 0 Å². The predicted molar refractivity (Wildman–Crippen MR) is 192 cm³/mol. The van der Waals surface area contributed by atoms with Crippen molar-refractivity contribution in [2.75, 3.05) is 32.1 Å². The van der Waals surface area contributed by atoms with E-state index >= 15 is 0 Å². The van der Waals surface area contributed by atoms with Crippen LogP contribution in [0.4, 0.5) is 5.69 Å². The summed E-state index contributed by atoms with van der Waals surface area (Å²) < 4.78 is 12.7. The SMILES string of the molecule is C[C@@H]1CN([C@@H](C)CO)C(=O)c2cccc(NC(=O)c3ccc(-c4nccs4)cc3)c2O[C@@H]1CN(C)Cc1ccc(Oc2ccccc2)cc1. The average Bonchev–Trinajstić information content (AvgIpc) is 3.66. The number of ether oxygens (including phenoxy) is 2. The molecule has 0 unspecified atom stereocenters. The highest BCUT2D eigenvalue weighted by Crippen LogP contribution is 2.35. The van der Waals surface area contributed by atoms with E-state index in [1.54, 1.807) is 41.4 Å². The summed E-state index contributed by atoms with van der Waals surface area (Å²) in [4.78, 5) is 35.6. The fraction of sp³-hybridized carbons (Fsp3) is 0.256. The Kier molecular flexibility index (Phi) is 10.7. The van der Waals surface area contributed by atoms with E-state index in [2.05, 4.69) is 22.1 Å². The Hall–Kier alpha value is -5.03. The highest BCUT2D eigenvalue weighted by molar-refractivity contribution is 7.13. The second kappa shape index (κ2) is 15.5. The molecule has 0 fully saturated rings. The number of para-hydroxylation sites is 2. The van der Waals surface area contributed by atoms with Crippen LogP contribution in [0, 0.1) is 5.92 Å². The third kappa shape index (κ3) is 8.17. The predicted octanol–water partition coefficient (Wildman–Crippen LogP) is 7.21. The minimum absolute atomic E-state index is 0.0858. The van der Waals surface area contributed by atoms with E-state index < -0.39 is 6.04 Å². The van der Waals surface area contributed by atoms with E-state index in [1.807, 2.05) is 86.1 Å². The number of anilines is 1. The van der Waals surface area contributed by atoms with Gasteiger partial charge in [0, 0.05) is 48.3 Å². The molecule has 0 saturated carbocycles. The third-order valence-corrected chi connectivity index (χ3v) is 9.43. The molecule has 1 aromatic heterocycles. The molecule has 3 atom stereocenters. The van der Waals surface area contributed by atoms with Crippen molar-refractivity contribution >= 4 is 28.8 Å². The monoisotopic (exact) mass is 676 g/mol. The van der Waals surface area contributed by atoms with Crippen LogP contribution in [0.15, 0.2) is 109 Å². The average molecular weight is 677 g/mol. The lowest BCUT2D eigenvalue weighted by molar-refractivity contribution is 0.0343. The maximum Gasteiger partial charge on any atom is 0.258 e. The number of aromatic nitrogens is 1. The van der Waals surface area contributed by atoms with Gasteiger partial charge >= 0.3 is 0 Å². The van der Waals surface area contributed by atoms with E-state index in [4.69, 9.17) is 9.47 Å². The summed E-state index contributed by atoms with van der Waals surface area (Å²) in [6, 6.07) is 29.8. The van der Waals surface area contributed by atoms with Crippen molar-refractivity contribution in [2.45, 2.75) is 32.5 Å². The molecule has 10 heteroatoms. The third-order valence-electron chi connectivity index (χ3n) is 8.61. The lowest BCUT2D eigenvalue weighted by Gasteiger charge is -2.38. The van der Waals surface area contributed by atoms with Gasteiger partial charge in [0.2, 0.25) is 0 Å². The second-order valence-corrected chi connectivity index (χ2v) is 13.3. The first-order chi connectivity index (χ1) is 23.8. The Morgan fingerprint density at radius 1 is 1.04 bits per heavy atom. The summed E-state index contributed by atoms with van der Waals surface area (Å²) in [7, 11) is 2.03. The van der Waals surface area contributed by atoms with Gasteiger partial charge in [0.15, 0.2) is 5.75 Å². The van der Waals surface area contributed by atoms with E-state index in [-0.39, 0.29) is 30.4 Å². The largest absolute Gasteiger partial charge is 0.486 e. The van der Waals surface area contributed by atoms with E-state index in [0.29, 0.717) is 42.2 Å². The molecular formula is C39H40N4O5S. The van der Waals surface area contributed by atoms with Gasteiger partial charge in [-0.05, 0) is 68.1 Å². The minimum Gasteiger partial charge on any atom is -0.486 e. The lowest BCUT2D eigenvalue weighted by Crippen LogP contribution is -2.49. The molecule has 6 rings (SSSR count). The fourth-order valence-electron chi connectivity index (χ4n) is 5.86. The van der Waals surface area contributed by atoms with Gasteiger partial charge in [-0.1, -0.05) is 55.5 Å². The van der Waals surface area contributed by atoms with Crippen molar-refractivity contribution in [3.8, 4) is 27.8 Å². The molecule has 5 aromatic rings. The van der Waals surface area contributed by atoms with Crippen molar-refractivity contribution in [3.63, 3.8) is 0 Å². The molecule has 0 spiro atoms. The molecule has 49 heavy (non-hydrogen) atoms. The molecular weight excluding hydrogens is 637 g/mol. The smallest absolute Gasteiger partial charge is 0.258 e. The number of likely N-dealkylation sites (N-methyl/N-ethyl adjacent to an activating group) is 1. The number of amides is 2. The van der Waals surface area contributed by atoms with Gasteiger partial charge in [-0.25, -0.2) is 4.98 Å². The van der Waals surface area contributed by atoms with Crippen LogP contribution in [0.1, 0.15) is 40.1 Å². The first-order valence-corrected chi connectivity index (χ1v) is 17.2. The first kappa shape index (κ1) is 33.9. The quantitative estimate of drug-likeness (QED) is 0.152. The highest BCUT2D eigenvalue weighted by Gasteiger charge is 2.34. The van der Waals surface area contributed by atoms with Gasteiger partial charge in [0.1, 0.15) is 22.6 Å². The number of carbonyl (C=O) groups is 2. The number of thiazole rings is 1. The molecule has 0 aliphatic carbocycles. The van der Waals surface area contributed by atoms with Crippen LogP contribution in [0.5, 0.6) is 17.2 Å². The maximum atomic E-state index is 13.9. The van der Waals surface area contributed by atoms with Crippen molar-refractivity contribution < 1.29 is 24.2 Å². The molecule has 252 valence electrons. The Morgan fingerprint density at radius 3 is 2.47 bits per heavy atom. The Bertz CT molecular complexity index is 1850. The second-order valence-electron chi connectivity index (χ2n) is 12.4. The molecule has 1 aliphatic rings. The zero-order chi connectivity index (χ0) is 34.3. The number of hydrogen-bond acceptors (Lipinski definition) is 8. The van der Waals surface area contributed by atoms with Crippen molar-refractivity contribution in [2.24, 2.45) is 5.92 Å². The number of aliphatic hydroxyl groups is 1. The normalized spacial score (nSPS) is 16.7. The molecule has 0 bridgehead atoms. The number of nitrogens with zero attached hydrogens (tertiary/aromatic N) is 3. The van der Waals surface area contributed by atoms with Crippen LogP contribution in [0.2, 0.25) is 0 Å². The van der Waals surface area contributed by atoms with Gasteiger partial charge in [-0.3, -0.25) is 14.5 Å². The Balaban J connectivity index is 1.21. The van der Waals surface area contributed by atoms with Crippen LogP contribution in [0.25, 0.3) is 10.6 Å². The molecule has 2 amide bonds. The number of fused-ring (bicyclic) bond motifs is 1. The summed E-state index contributed by atoms with van der Waals surface area (Å²) in [6.45, 7) is 5.34. The summed E-state index contributed by atoms with van der Waals surface area (Å²) in [5, 5.41) is 15.8. The first-order valence-electron chi connectivity index (χ1n) is 16.3. The fourth-order valence-corrected chi connectivity index (χ4v) is 6.50. The number of benzene rings is 4.